The van der Waals surface area contributed by atoms with E-state index in [1.807, 2.05) is 18.7 Å². The quantitative estimate of drug-likeness (QED) is 0.768. The number of piperazine rings is 1. The number of hydrogen-bond acceptors (Lipinski definition) is 7. The van der Waals surface area contributed by atoms with Gasteiger partial charge in [-0.05, 0) is 27.8 Å². The van der Waals surface area contributed by atoms with Crippen LogP contribution in [0.1, 0.15) is 40.7 Å². The van der Waals surface area contributed by atoms with E-state index in [1.54, 1.807) is 6.20 Å². The number of rotatable bonds is 2. The Morgan fingerprint density at radius 1 is 1.15 bits per heavy atom. The van der Waals surface area contributed by atoms with Crippen molar-refractivity contribution in [2.45, 2.75) is 33.4 Å². The second kappa shape index (κ2) is 6.88. The maximum absolute atomic E-state index is 13.1. The standard InChI is InChI=1S/C18H26N8O/c1-12-10-25(11-16-22-21-14(3)26(12)16)17(27)15-9-19-18(20-13(15)2)24-7-5-23(4)6-8-24/h9,12H,5-8,10-11H2,1-4H3/t12-/m0/s1. The Kier molecular flexibility index (Phi) is 4.55. The van der Waals surface area contributed by atoms with Crippen molar-refractivity contribution in [2.75, 3.05) is 44.7 Å². The number of aromatic nitrogens is 5. The molecule has 1 atom stereocenters. The minimum absolute atomic E-state index is 0.0452. The van der Waals surface area contributed by atoms with Gasteiger partial charge in [-0.2, -0.15) is 0 Å². The molecule has 9 nitrogen and oxygen atoms in total. The summed E-state index contributed by atoms with van der Waals surface area (Å²) in [4.78, 5) is 28.5. The lowest BCUT2D eigenvalue weighted by Crippen LogP contribution is -2.45. The topological polar surface area (TPSA) is 83.3 Å². The second-order valence-corrected chi connectivity index (χ2v) is 7.53. The van der Waals surface area contributed by atoms with Crippen LogP contribution in [-0.2, 0) is 6.54 Å². The van der Waals surface area contributed by atoms with Crippen molar-refractivity contribution in [3.63, 3.8) is 0 Å². The molecule has 4 rings (SSSR count). The molecule has 9 heteroatoms. The summed E-state index contributed by atoms with van der Waals surface area (Å²) in [6.07, 6.45) is 1.67. The fourth-order valence-corrected chi connectivity index (χ4v) is 3.88. The Hall–Kier alpha value is -2.55. The number of amides is 1. The molecule has 0 saturated carbocycles. The monoisotopic (exact) mass is 370 g/mol. The molecule has 27 heavy (non-hydrogen) atoms. The molecule has 2 aliphatic heterocycles. The molecule has 2 aliphatic rings. The van der Waals surface area contributed by atoms with Gasteiger partial charge in [0.25, 0.3) is 5.91 Å². The molecule has 1 amide bonds. The molecule has 0 N–H and O–H groups in total. The van der Waals surface area contributed by atoms with Gasteiger partial charge in [-0.15, -0.1) is 10.2 Å². The molecule has 2 aromatic rings. The molecule has 1 saturated heterocycles. The van der Waals surface area contributed by atoms with Gasteiger partial charge in [0.1, 0.15) is 5.82 Å². The van der Waals surface area contributed by atoms with Crippen molar-refractivity contribution < 1.29 is 4.79 Å². The molecule has 0 bridgehead atoms. The first kappa shape index (κ1) is 17.8. The zero-order chi connectivity index (χ0) is 19.1. The normalized spacial score (nSPS) is 20.7. The SMILES string of the molecule is Cc1nc(N2CCN(C)CC2)ncc1C(=O)N1Cc2nnc(C)n2[C@@H](C)C1. The number of anilines is 1. The highest BCUT2D eigenvalue weighted by Crippen LogP contribution is 2.23. The van der Waals surface area contributed by atoms with Crippen LogP contribution in [0.25, 0.3) is 0 Å². The number of likely N-dealkylation sites (N-methyl/N-ethyl adjacent to an activating group) is 1. The Balaban J connectivity index is 1.52. The van der Waals surface area contributed by atoms with E-state index < -0.39 is 0 Å². The highest BCUT2D eigenvalue weighted by Gasteiger charge is 2.30. The summed E-state index contributed by atoms with van der Waals surface area (Å²) >= 11 is 0. The number of hydrogen-bond donors (Lipinski definition) is 0. The van der Waals surface area contributed by atoms with E-state index in [0.717, 1.165) is 43.5 Å². The number of nitrogens with zero attached hydrogens (tertiary/aromatic N) is 8. The van der Waals surface area contributed by atoms with Crippen LogP contribution >= 0.6 is 0 Å². The Morgan fingerprint density at radius 3 is 2.59 bits per heavy atom. The zero-order valence-electron chi connectivity index (χ0n) is 16.4. The Morgan fingerprint density at radius 2 is 1.89 bits per heavy atom. The van der Waals surface area contributed by atoms with Gasteiger partial charge < -0.3 is 19.3 Å². The summed E-state index contributed by atoms with van der Waals surface area (Å²) in [6, 6.07) is 0.151. The van der Waals surface area contributed by atoms with E-state index >= 15 is 0 Å². The van der Waals surface area contributed by atoms with E-state index in [-0.39, 0.29) is 11.9 Å². The number of carbonyl (C=O) groups is 1. The number of carbonyl (C=O) groups excluding carboxylic acids is 1. The van der Waals surface area contributed by atoms with Crippen molar-refractivity contribution >= 4 is 11.9 Å². The fourth-order valence-electron chi connectivity index (χ4n) is 3.88. The smallest absolute Gasteiger partial charge is 0.257 e. The van der Waals surface area contributed by atoms with Gasteiger partial charge in [-0.3, -0.25) is 4.79 Å². The van der Waals surface area contributed by atoms with E-state index in [0.29, 0.717) is 24.6 Å². The lowest BCUT2D eigenvalue weighted by molar-refractivity contribution is 0.0678. The number of fused-ring (bicyclic) bond motifs is 1. The van der Waals surface area contributed by atoms with Crippen molar-refractivity contribution in [1.82, 2.24) is 34.5 Å². The maximum Gasteiger partial charge on any atom is 0.257 e. The molecule has 1 fully saturated rings. The summed E-state index contributed by atoms with van der Waals surface area (Å²) in [7, 11) is 2.12. The van der Waals surface area contributed by atoms with Crippen LogP contribution in [0.3, 0.4) is 0 Å². The minimum atomic E-state index is -0.0452. The molecule has 0 spiro atoms. The average Bonchev–Trinajstić information content (AvgIpc) is 3.03. The Bertz CT molecular complexity index is 855. The van der Waals surface area contributed by atoms with Gasteiger partial charge in [0.2, 0.25) is 5.95 Å². The fraction of sp³-hybridized carbons (Fsp3) is 0.611. The predicted octanol–water partition coefficient (Wildman–Crippen LogP) is 0.654. The van der Waals surface area contributed by atoms with Crippen molar-refractivity contribution in [2.24, 2.45) is 0 Å². The van der Waals surface area contributed by atoms with Crippen LogP contribution in [0.15, 0.2) is 6.20 Å². The van der Waals surface area contributed by atoms with Gasteiger partial charge in [-0.1, -0.05) is 0 Å². The molecule has 4 heterocycles. The lowest BCUT2D eigenvalue weighted by Gasteiger charge is -2.33. The third kappa shape index (κ3) is 3.27. The Labute approximate surface area is 159 Å². The first-order valence-electron chi connectivity index (χ1n) is 9.41. The molecule has 144 valence electrons. The van der Waals surface area contributed by atoms with Crippen LogP contribution < -0.4 is 4.90 Å². The van der Waals surface area contributed by atoms with Crippen LogP contribution in [0.5, 0.6) is 0 Å². The molecule has 0 radical (unpaired) electrons. The number of aryl methyl sites for hydroxylation is 2. The van der Waals surface area contributed by atoms with E-state index in [9.17, 15) is 4.79 Å². The largest absolute Gasteiger partial charge is 0.338 e. The van der Waals surface area contributed by atoms with Gasteiger partial charge in [0.15, 0.2) is 5.82 Å². The molecular formula is C18H26N8O. The molecule has 0 aromatic carbocycles. The van der Waals surface area contributed by atoms with Crippen LogP contribution in [0.2, 0.25) is 0 Å². The average molecular weight is 370 g/mol. The molecule has 2 aromatic heterocycles. The van der Waals surface area contributed by atoms with Crippen molar-refractivity contribution in [3.8, 4) is 0 Å². The third-order valence-electron chi connectivity index (χ3n) is 5.46. The van der Waals surface area contributed by atoms with Crippen LogP contribution in [-0.4, -0.2) is 80.2 Å². The maximum atomic E-state index is 13.1. The van der Waals surface area contributed by atoms with Crippen LogP contribution in [0.4, 0.5) is 5.95 Å². The van der Waals surface area contributed by atoms with Gasteiger partial charge >= 0.3 is 0 Å². The van der Waals surface area contributed by atoms with Gasteiger partial charge in [-0.25, -0.2) is 9.97 Å². The highest BCUT2D eigenvalue weighted by molar-refractivity contribution is 5.95. The molecule has 0 unspecified atom stereocenters. The summed E-state index contributed by atoms with van der Waals surface area (Å²) < 4.78 is 2.10. The van der Waals surface area contributed by atoms with Crippen molar-refractivity contribution in [3.05, 3.63) is 29.1 Å². The zero-order valence-corrected chi connectivity index (χ0v) is 16.4. The first-order valence-corrected chi connectivity index (χ1v) is 9.41. The lowest BCUT2D eigenvalue weighted by atomic mass is 10.1. The van der Waals surface area contributed by atoms with E-state index in [4.69, 9.17) is 0 Å². The second-order valence-electron chi connectivity index (χ2n) is 7.53. The summed E-state index contributed by atoms with van der Waals surface area (Å²) in [5, 5.41) is 8.36. The molecule has 0 aliphatic carbocycles. The summed E-state index contributed by atoms with van der Waals surface area (Å²) in [6.45, 7) is 10.8. The van der Waals surface area contributed by atoms with Gasteiger partial charge in [0, 0.05) is 38.9 Å². The summed E-state index contributed by atoms with van der Waals surface area (Å²) in [5.41, 5.74) is 1.28. The van der Waals surface area contributed by atoms with Gasteiger partial charge in [0.05, 0.1) is 23.8 Å². The first-order chi connectivity index (χ1) is 12.9. The highest BCUT2D eigenvalue weighted by atomic mass is 16.2. The van der Waals surface area contributed by atoms with E-state index in [2.05, 4.69) is 48.5 Å². The predicted molar refractivity (Wildman–Crippen MR) is 101 cm³/mol. The third-order valence-corrected chi connectivity index (χ3v) is 5.46. The van der Waals surface area contributed by atoms with E-state index in [1.165, 1.54) is 0 Å². The summed E-state index contributed by atoms with van der Waals surface area (Å²) in [5.74, 6) is 2.38. The molecular weight excluding hydrogens is 344 g/mol. The van der Waals surface area contributed by atoms with Crippen LogP contribution in [0, 0.1) is 13.8 Å². The van der Waals surface area contributed by atoms with Crippen molar-refractivity contribution in [1.29, 1.82) is 0 Å². The minimum Gasteiger partial charge on any atom is -0.338 e.